The third kappa shape index (κ3) is 8.90. The normalized spacial score (nSPS) is 17.0. The van der Waals surface area contributed by atoms with Gasteiger partial charge in [-0.3, -0.25) is 0 Å². The van der Waals surface area contributed by atoms with Gasteiger partial charge >= 0.3 is 6.09 Å². The lowest BCUT2D eigenvalue weighted by Crippen LogP contribution is -2.53. The fourth-order valence-electron chi connectivity index (χ4n) is 2.96. The van der Waals surface area contributed by atoms with Crippen molar-refractivity contribution in [2.75, 3.05) is 19.6 Å². The van der Waals surface area contributed by atoms with Gasteiger partial charge in [-0.1, -0.05) is 12.1 Å². The number of likely N-dealkylation sites (tertiary alicyclic amines) is 1. The summed E-state index contributed by atoms with van der Waals surface area (Å²) in [5.41, 5.74) is 1.19. The Morgan fingerprint density at radius 3 is 2.62 bits per heavy atom. The highest BCUT2D eigenvalue weighted by Crippen LogP contribution is 2.15. The number of nitriles is 1. The molecule has 0 aliphatic carbocycles. The number of nitrogens with one attached hydrogen (secondary N) is 2. The van der Waals surface area contributed by atoms with E-state index in [1.807, 2.05) is 39.8 Å². The van der Waals surface area contributed by atoms with Gasteiger partial charge in [-0.25, -0.2) is 9.79 Å². The molecule has 0 aromatic heterocycles. The number of carbonyl (C=O) groups is 1. The minimum absolute atomic E-state index is 0. The number of rotatable bonds is 4. The molecule has 2 rings (SSSR count). The van der Waals surface area contributed by atoms with Gasteiger partial charge in [0.05, 0.1) is 18.2 Å². The molecule has 0 spiro atoms. The van der Waals surface area contributed by atoms with E-state index in [0.29, 0.717) is 25.2 Å². The molecule has 1 aliphatic heterocycles. The number of nitrogens with zero attached hydrogens (tertiary/aromatic N) is 3. The molecular weight excluding hydrogens is 481 g/mol. The molecule has 1 atom stereocenters. The van der Waals surface area contributed by atoms with Gasteiger partial charge in [-0.15, -0.1) is 24.0 Å². The molecule has 8 heteroatoms. The number of benzene rings is 1. The van der Waals surface area contributed by atoms with E-state index < -0.39 is 5.60 Å². The summed E-state index contributed by atoms with van der Waals surface area (Å²) in [4.78, 5) is 18.7. The predicted octanol–water partition coefficient (Wildman–Crippen LogP) is 3.63. The number of hydrogen-bond donors (Lipinski definition) is 2. The van der Waals surface area contributed by atoms with E-state index in [0.717, 1.165) is 30.9 Å². The van der Waals surface area contributed by atoms with Crippen LogP contribution in [-0.2, 0) is 11.3 Å². The number of ether oxygens (including phenoxy) is 1. The van der Waals surface area contributed by atoms with Crippen LogP contribution in [-0.4, -0.2) is 48.2 Å². The first-order chi connectivity index (χ1) is 13.3. The van der Waals surface area contributed by atoms with Gasteiger partial charge in [0.15, 0.2) is 5.96 Å². The van der Waals surface area contributed by atoms with E-state index in [4.69, 9.17) is 10.00 Å². The number of guanidine groups is 1. The molecule has 0 radical (unpaired) electrons. The average molecular weight is 513 g/mol. The molecule has 2 N–H and O–H groups in total. The number of halogens is 1. The molecule has 1 aliphatic rings. The highest BCUT2D eigenvalue weighted by atomic mass is 127. The van der Waals surface area contributed by atoms with Gasteiger partial charge in [0.2, 0.25) is 0 Å². The summed E-state index contributed by atoms with van der Waals surface area (Å²) >= 11 is 0. The smallest absolute Gasteiger partial charge is 0.410 e. The summed E-state index contributed by atoms with van der Waals surface area (Å²) in [6.07, 6.45) is 1.63. The van der Waals surface area contributed by atoms with Gasteiger partial charge in [-0.2, -0.15) is 5.26 Å². The van der Waals surface area contributed by atoms with Crippen LogP contribution in [0.25, 0.3) is 0 Å². The topological polar surface area (TPSA) is 89.8 Å². The summed E-state index contributed by atoms with van der Waals surface area (Å²) in [7, 11) is 0. The number of amides is 1. The Hall–Kier alpha value is -2.02. The van der Waals surface area contributed by atoms with Gasteiger partial charge in [0, 0.05) is 25.7 Å². The Balaban J connectivity index is 0.00000420. The number of hydrogen-bond acceptors (Lipinski definition) is 4. The maximum atomic E-state index is 12.3. The SMILES string of the molecule is CCNC(=NCc1ccc(C#N)cc1)NC1CCCN(C(=O)OC(C)(C)C)C1.I. The molecule has 1 amide bonds. The molecule has 1 aromatic carbocycles. The summed E-state index contributed by atoms with van der Waals surface area (Å²) in [5, 5.41) is 15.6. The molecule has 1 saturated heterocycles. The molecule has 0 saturated carbocycles. The lowest BCUT2D eigenvalue weighted by Gasteiger charge is -2.35. The van der Waals surface area contributed by atoms with Crippen LogP contribution in [0.4, 0.5) is 4.79 Å². The Kier molecular flexibility index (Phi) is 10.2. The standard InChI is InChI=1S/C21H31N5O2.HI/c1-5-23-19(24-14-17-10-8-16(13-22)9-11-17)25-18-7-6-12-26(15-18)20(27)28-21(2,3)4;/h8-11,18H,5-7,12,14-15H2,1-4H3,(H2,23,24,25);1H. The molecule has 1 unspecified atom stereocenters. The van der Waals surface area contributed by atoms with E-state index in [-0.39, 0.29) is 36.1 Å². The van der Waals surface area contributed by atoms with Crippen molar-refractivity contribution in [2.45, 2.75) is 58.7 Å². The zero-order chi connectivity index (χ0) is 20.6. The fourth-order valence-corrected chi connectivity index (χ4v) is 2.96. The highest BCUT2D eigenvalue weighted by Gasteiger charge is 2.28. The van der Waals surface area contributed by atoms with Crippen molar-refractivity contribution < 1.29 is 9.53 Å². The summed E-state index contributed by atoms with van der Waals surface area (Å²) in [6.45, 7) is 10.2. The van der Waals surface area contributed by atoms with E-state index in [9.17, 15) is 4.79 Å². The highest BCUT2D eigenvalue weighted by molar-refractivity contribution is 14.0. The molecule has 7 nitrogen and oxygen atoms in total. The van der Waals surface area contributed by atoms with Gasteiger partial charge in [0.1, 0.15) is 5.60 Å². The Morgan fingerprint density at radius 1 is 1.34 bits per heavy atom. The van der Waals surface area contributed by atoms with Crippen LogP contribution < -0.4 is 10.6 Å². The Bertz CT molecular complexity index is 722. The van der Waals surface area contributed by atoms with Crippen LogP contribution in [0.2, 0.25) is 0 Å². The largest absolute Gasteiger partial charge is 0.444 e. The molecule has 29 heavy (non-hydrogen) atoms. The molecule has 1 aromatic rings. The average Bonchev–Trinajstić information content (AvgIpc) is 2.65. The van der Waals surface area contributed by atoms with Crippen LogP contribution in [0, 0.1) is 11.3 Å². The fraction of sp³-hybridized carbons (Fsp3) is 0.571. The first-order valence-corrected chi connectivity index (χ1v) is 9.82. The van der Waals surface area contributed by atoms with Crippen molar-refractivity contribution in [3.8, 4) is 6.07 Å². The molecule has 160 valence electrons. The number of aliphatic imine (C=N–C) groups is 1. The van der Waals surface area contributed by atoms with Crippen molar-refractivity contribution in [1.82, 2.24) is 15.5 Å². The first kappa shape index (κ1) is 25.0. The van der Waals surface area contributed by atoms with E-state index >= 15 is 0 Å². The lowest BCUT2D eigenvalue weighted by molar-refractivity contribution is 0.0193. The molecular formula is C21H32IN5O2. The summed E-state index contributed by atoms with van der Waals surface area (Å²) in [5.74, 6) is 0.725. The van der Waals surface area contributed by atoms with Crippen LogP contribution in [0.3, 0.4) is 0 Å². The first-order valence-electron chi connectivity index (χ1n) is 9.82. The van der Waals surface area contributed by atoms with Gasteiger partial charge in [0.25, 0.3) is 0 Å². The molecule has 0 bridgehead atoms. The van der Waals surface area contributed by atoms with Crippen LogP contribution in [0.5, 0.6) is 0 Å². The van der Waals surface area contributed by atoms with Crippen molar-refractivity contribution in [3.63, 3.8) is 0 Å². The van der Waals surface area contributed by atoms with Crippen molar-refractivity contribution >= 4 is 36.0 Å². The Labute approximate surface area is 190 Å². The second-order valence-corrected chi connectivity index (χ2v) is 7.91. The Morgan fingerprint density at radius 2 is 2.03 bits per heavy atom. The minimum Gasteiger partial charge on any atom is -0.444 e. The summed E-state index contributed by atoms with van der Waals surface area (Å²) in [6, 6.07) is 9.66. The van der Waals surface area contributed by atoms with Crippen LogP contribution >= 0.6 is 24.0 Å². The van der Waals surface area contributed by atoms with E-state index in [1.54, 1.807) is 17.0 Å². The maximum absolute atomic E-state index is 12.3. The summed E-state index contributed by atoms with van der Waals surface area (Å²) < 4.78 is 5.49. The maximum Gasteiger partial charge on any atom is 0.410 e. The number of carbonyl (C=O) groups excluding carboxylic acids is 1. The second-order valence-electron chi connectivity index (χ2n) is 7.91. The third-order valence-electron chi connectivity index (χ3n) is 4.26. The van der Waals surface area contributed by atoms with E-state index in [1.165, 1.54) is 0 Å². The van der Waals surface area contributed by atoms with Crippen LogP contribution in [0.15, 0.2) is 29.3 Å². The molecule has 1 fully saturated rings. The quantitative estimate of drug-likeness (QED) is 0.365. The number of piperidine rings is 1. The van der Waals surface area contributed by atoms with Crippen molar-refractivity contribution in [1.29, 1.82) is 5.26 Å². The van der Waals surface area contributed by atoms with Gasteiger partial charge in [-0.05, 0) is 58.2 Å². The minimum atomic E-state index is -0.491. The second kappa shape index (κ2) is 11.9. The molecule has 1 heterocycles. The third-order valence-corrected chi connectivity index (χ3v) is 4.26. The monoisotopic (exact) mass is 513 g/mol. The zero-order valence-electron chi connectivity index (χ0n) is 17.7. The predicted molar refractivity (Wildman–Crippen MR) is 125 cm³/mol. The zero-order valence-corrected chi connectivity index (χ0v) is 20.0. The van der Waals surface area contributed by atoms with Crippen molar-refractivity contribution in [3.05, 3.63) is 35.4 Å². The van der Waals surface area contributed by atoms with Gasteiger partial charge < -0.3 is 20.3 Å². The lowest BCUT2D eigenvalue weighted by atomic mass is 10.1. The van der Waals surface area contributed by atoms with E-state index in [2.05, 4.69) is 21.7 Å². The van der Waals surface area contributed by atoms with Crippen molar-refractivity contribution in [2.24, 2.45) is 4.99 Å². The van der Waals surface area contributed by atoms with Crippen LogP contribution in [0.1, 0.15) is 51.7 Å².